The van der Waals surface area contributed by atoms with Gasteiger partial charge in [-0.15, -0.1) is 0 Å². The van der Waals surface area contributed by atoms with Crippen molar-refractivity contribution < 1.29 is 4.79 Å². The van der Waals surface area contributed by atoms with Crippen LogP contribution in [0.3, 0.4) is 0 Å². The Kier molecular flexibility index (Phi) is 2.86. The first kappa shape index (κ1) is 9.97. The summed E-state index contributed by atoms with van der Waals surface area (Å²) in [5, 5.41) is 0. The van der Waals surface area contributed by atoms with Crippen LogP contribution in [0, 0.1) is 5.92 Å². The zero-order valence-corrected chi connectivity index (χ0v) is 8.39. The summed E-state index contributed by atoms with van der Waals surface area (Å²) in [4.78, 5) is 11.4. The lowest BCUT2D eigenvalue weighted by Crippen LogP contribution is -2.18. The summed E-state index contributed by atoms with van der Waals surface area (Å²) < 4.78 is 0. The summed E-state index contributed by atoms with van der Waals surface area (Å²) in [6.45, 7) is 11.7. The first-order chi connectivity index (χ1) is 6.00. The molecule has 0 aliphatic heterocycles. The highest BCUT2D eigenvalue weighted by Gasteiger charge is 2.23. The van der Waals surface area contributed by atoms with E-state index in [2.05, 4.69) is 13.2 Å². The van der Waals surface area contributed by atoms with E-state index in [1.54, 1.807) is 0 Å². The van der Waals surface area contributed by atoms with Gasteiger partial charge < -0.3 is 0 Å². The Morgan fingerprint density at radius 2 is 2.23 bits per heavy atom. The van der Waals surface area contributed by atoms with E-state index in [1.807, 2.05) is 19.9 Å². The minimum atomic E-state index is 0.148. The number of carbonyl (C=O) groups excluding carboxylic acids is 1. The second kappa shape index (κ2) is 3.73. The highest BCUT2D eigenvalue weighted by molar-refractivity contribution is 5.86. The summed E-state index contributed by atoms with van der Waals surface area (Å²) in [6, 6.07) is 0. The maximum Gasteiger partial charge on any atom is 0.140 e. The van der Waals surface area contributed by atoms with Gasteiger partial charge in [-0.05, 0) is 18.9 Å². The zero-order valence-electron chi connectivity index (χ0n) is 8.39. The predicted octanol–water partition coefficient (Wildman–Crippen LogP) is 3.04. The molecule has 0 aromatic heterocycles. The van der Waals surface area contributed by atoms with Crippen LogP contribution in [0.25, 0.3) is 0 Å². The van der Waals surface area contributed by atoms with Gasteiger partial charge >= 0.3 is 0 Å². The van der Waals surface area contributed by atoms with Gasteiger partial charge in [0.1, 0.15) is 5.78 Å². The molecule has 0 amide bonds. The molecule has 13 heavy (non-hydrogen) atoms. The minimum Gasteiger partial charge on any atom is -0.299 e. The van der Waals surface area contributed by atoms with Crippen LogP contribution in [-0.2, 0) is 4.79 Å². The number of carbonyl (C=O) groups is 1. The molecule has 1 rings (SSSR count). The van der Waals surface area contributed by atoms with Gasteiger partial charge in [-0.1, -0.05) is 37.3 Å². The number of rotatable bonds is 1. The number of hydrogen-bond acceptors (Lipinski definition) is 1. The first-order valence-corrected chi connectivity index (χ1v) is 4.57. The third kappa shape index (κ3) is 2.41. The van der Waals surface area contributed by atoms with E-state index in [-0.39, 0.29) is 5.92 Å². The normalized spacial score (nSPS) is 26.6. The van der Waals surface area contributed by atoms with Gasteiger partial charge in [0.15, 0.2) is 0 Å². The van der Waals surface area contributed by atoms with Gasteiger partial charge in [0, 0.05) is 12.3 Å². The average molecular weight is 176 g/mol. The average Bonchev–Trinajstić information content (AvgIpc) is 1.99. The number of Topliss-reactive ketones (excluding diaryl/α,β-unsaturated/α-hetero) is 1. The van der Waals surface area contributed by atoms with E-state index >= 15 is 0 Å². The molecule has 70 valence electrons. The summed E-state index contributed by atoms with van der Waals surface area (Å²) in [5.74, 6) is 0.467. The molecule has 0 bridgehead atoms. The molecule has 0 spiro atoms. The molecule has 1 atom stereocenters. The molecule has 1 aliphatic carbocycles. The Bertz CT molecular complexity index is 294. The maximum atomic E-state index is 11.4. The molecule has 1 heteroatoms. The van der Waals surface area contributed by atoms with Crippen molar-refractivity contribution in [2.75, 3.05) is 0 Å². The van der Waals surface area contributed by atoms with Crippen molar-refractivity contribution in [2.45, 2.75) is 26.7 Å². The third-order valence-corrected chi connectivity index (χ3v) is 2.34. The van der Waals surface area contributed by atoms with E-state index < -0.39 is 0 Å². The van der Waals surface area contributed by atoms with E-state index in [4.69, 9.17) is 0 Å². The van der Waals surface area contributed by atoms with Crippen LogP contribution in [0.1, 0.15) is 26.7 Å². The Hall–Kier alpha value is -1.11. The van der Waals surface area contributed by atoms with Crippen LogP contribution in [-0.4, -0.2) is 5.78 Å². The summed E-state index contributed by atoms with van der Waals surface area (Å²) in [7, 11) is 0. The van der Waals surface area contributed by atoms with E-state index in [1.165, 1.54) is 0 Å². The minimum absolute atomic E-state index is 0.148. The second-order valence-electron chi connectivity index (χ2n) is 3.87. The van der Waals surface area contributed by atoms with Crippen LogP contribution in [0.5, 0.6) is 0 Å². The monoisotopic (exact) mass is 176 g/mol. The van der Waals surface area contributed by atoms with E-state index in [0.29, 0.717) is 12.2 Å². The van der Waals surface area contributed by atoms with Crippen molar-refractivity contribution in [2.24, 2.45) is 5.92 Å². The second-order valence-corrected chi connectivity index (χ2v) is 3.87. The first-order valence-electron chi connectivity index (χ1n) is 4.57. The van der Waals surface area contributed by atoms with E-state index in [9.17, 15) is 4.79 Å². The van der Waals surface area contributed by atoms with Crippen molar-refractivity contribution in [1.29, 1.82) is 0 Å². The van der Waals surface area contributed by atoms with Gasteiger partial charge in [-0.2, -0.15) is 0 Å². The van der Waals surface area contributed by atoms with Crippen LogP contribution >= 0.6 is 0 Å². The van der Waals surface area contributed by atoms with Gasteiger partial charge in [0.05, 0.1) is 0 Å². The molecule has 0 aromatic rings. The summed E-state index contributed by atoms with van der Waals surface area (Å²) >= 11 is 0. The number of allylic oxidation sites excluding steroid dienone is 4. The van der Waals surface area contributed by atoms with Crippen molar-refractivity contribution in [3.8, 4) is 0 Å². The fraction of sp³-hybridized carbons (Fsp3) is 0.417. The lowest BCUT2D eigenvalue weighted by Gasteiger charge is -2.21. The largest absolute Gasteiger partial charge is 0.299 e. The quantitative estimate of drug-likeness (QED) is 0.600. The maximum absolute atomic E-state index is 11.4. The predicted molar refractivity (Wildman–Crippen MR) is 55.4 cm³/mol. The molecule has 1 nitrogen and oxygen atoms in total. The Morgan fingerprint density at radius 3 is 2.77 bits per heavy atom. The van der Waals surface area contributed by atoms with Gasteiger partial charge in [0.25, 0.3) is 0 Å². The topological polar surface area (TPSA) is 17.1 Å². The van der Waals surface area contributed by atoms with Gasteiger partial charge in [-0.3, -0.25) is 4.79 Å². The Morgan fingerprint density at radius 1 is 1.62 bits per heavy atom. The van der Waals surface area contributed by atoms with Crippen LogP contribution in [0.15, 0.2) is 36.0 Å². The van der Waals surface area contributed by atoms with Crippen molar-refractivity contribution in [3.63, 3.8) is 0 Å². The third-order valence-electron chi connectivity index (χ3n) is 2.34. The fourth-order valence-corrected chi connectivity index (χ4v) is 1.55. The van der Waals surface area contributed by atoms with Crippen molar-refractivity contribution >= 4 is 5.78 Å². The molecule has 1 fully saturated rings. The summed E-state index contributed by atoms with van der Waals surface area (Å²) in [5.41, 5.74) is 3.14. The Balaban J connectivity index is 2.84. The fourth-order valence-electron chi connectivity index (χ4n) is 1.55. The highest BCUT2D eigenvalue weighted by atomic mass is 16.1. The zero-order chi connectivity index (χ0) is 10.0. The van der Waals surface area contributed by atoms with Crippen molar-refractivity contribution in [3.05, 3.63) is 36.0 Å². The molecule has 1 aliphatic rings. The summed E-state index contributed by atoms with van der Waals surface area (Å²) in [6.07, 6.45) is 3.30. The molecular formula is C12H16O. The Labute approximate surface area is 79.8 Å². The molecule has 1 saturated carbocycles. The molecule has 0 radical (unpaired) electrons. The molecule has 0 heterocycles. The van der Waals surface area contributed by atoms with Gasteiger partial charge in [-0.25, -0.2) is 0 Å². The van der Waals surface area contributed by atoms with E-state index in [0.717, 1.165) is 23.1 Å². The van der Waals surface area contributed by atoms with Crippen LogP contribution < -0.4 is 0 Å². The number of hydrogen-bond donors (Lipinski definition) is 0. The van der Waals surface area contributed by atoms with Crippen LogP contribution in [0.4, 0.5) is 0 Å². The molecular weight excluding hydrogens is 160 g/mol. The highest BCUT2D eigenvalue weighted by Crippen LogP contribution is 2.29. The molecule has 1 unspecified atom stereocenters. The van der Waals surface area contributed by atoms with Gasteiger partial charge in [0.2, 0.25) is 0 Å². The number of ketones is 1. The lowest BCUT2D eigenvalue weighted by atomic mass is 9.82. The molecule has 0 saturated heterocycles. The lowest BCUT2D eigenvalue weighted by molar-refractivity contribution is -0.122. The smallest absolute Gasteiger partial charge is 0.140 e. The molecule has 0 aromatic carbocycles. The molecule has 0 N–H and O–H groups in total. The van der Waals surface area contributed by atoms with Crippen LogP contribution in [0.2, 0.25) is 0 Å². The SMILES string of the molecule is C=C(C)/C=C1/CC(=O)C(C)CC1=C. The standard InChI is InChI=1S/C12H16O/c1-8(2)5-11-7-12(13)10(4)6-9(11)3/h5,10H,1,3,6-7H2,2,4H3/b11-5-. The van der Waals surface area contributed by atoms with Crippen molar-refractivity contribution in [1.82, 2.24) is 0 Å².